The number of nitrogens with two attached hydrogens (primary N) is 1. The van der Waals surface area contributed by atoms with Crippen LogP contribution >= 0.6 is 11.6 Å². The Balaban J connectivity index is 2.40. The van der Waals surface area contributed by atoms with Gasteiger partial charge in [-0.1, -0.05) is 11.6 Å². The quantitative estimate of drug-likeness (QED) is 0.810. The lowest BCUT2D eigenvalue weighted by Crippen LogP contribution is -2.05. The third-order valence-corrected chi connectivity index (χ3v) is 2.45. The molecule has 16 heavy (non-hydrogen) atoms. The van der Waals surface area contributed by atoms with Gasteiger partial charge in [0, 0.05) is 22.3 Å². The van der Waals surface area contributed by atoms with Crippen LogP contribution in [0.25, 0.3) is 0 Å². The van der Waals surface area contributed by atoms with Gasteiger partial charge in [0.15, 0.2) is 5.78 Å². The summed E-state index contributed by atoms with van der Waals surface area (Å²) in [4.78, 5) is 15.9. The second-order valence-electron chi connectivity index (χ2n) is 3.30. The minimum absolute atomic E-state index is 0.128. The molecule has 0 radical (unpaired) electrons. The second kappa shape index (κ2) is 4.33. The molecule has 1 heterocycles. The minimum Gasteiger partial charge on any atom is -0.397 e. The van der Waals surface area contributed by atoms with E-state index in [4.69, 9.17) is 17.3 Å². The van der Waals surface area contributed by atoms with Crippen LogP contribution in [0.5, 0.6) is 0 Å². The SMILES string of the molecule is Nc1cnccc1C(=O)c1ccc(Cl)cc1. The van der Waals surface area contributed by atoms with Crippen LogP contribution in [-0.4, -0.2) is 10.8 Å². The summed E-state index contributed by atoms with van der Waals surface area (Å²) in [5, 5.41) is 0.597. The van der Waals surface area contributed by atoms with E-state index in [0.717, 1.165) is 0 Å². The van der Waals surface area contributed by atoms with E-state index in [2.05, 4.69) is 4.98 Å². The van der Waals surface area contributed by atoms with Gasteiger partial charge in [0.1, 0.15) is 0 Å². The first-order valence-corrected chi connectivity index (χ1v) is 5.06. The smallest absolute Gasteiger partial charge is 0.195 e. The zero-order chi connectivity index (χ0) is 11.5. The van der Waals surface area contributed by atoms with Crippen LogP contribution in [0, 0.1) is 0 Å². The summed E-state index contributed by atoms with van der Waals surface area (Å²) in [6, 6.07) is 8.29. The van der Waals surface area contributed by atoms with Crippen molar-refractivity contribution in [2.45, 2.75) is 0 Å². The van der Waals surface area contributed by atoms with E-state index in [1.54, 1.807) is 36.5 Å². The van der Waals surface area contributed by atoms with Crippen molar-refractivity contribution in [3.05, 3.63) is 58.9 Å². The molecular weight excluding hydrogens is 224 g/mol. The minimum atomic E-state index is -0.128. The second-order valence-corrected chi connectivity index (χ2v) is 3.74. The Kier molecular flexibility index (Phi) is 2.88. The molecule has 1 aromatic carbocycles. The number of halogens is 1. The highest BCUT2D eigenvalue weighted by molar-refractivity contribution is 6.30. The number of aromatic nitrogens is 1. The van der Waals surface area contributed by atoms with Crippen molar-refractivity contribution in [1.29, 1.82) is 0 Å². The third-order valence-electron chi connectivity index (χ3n) is 2.20. The average Bonchev–Trinajstić information content (AvgIpc) is 2.30. The maximum atomic E-state index is 12.0. The predicted molar refractivity (Wildman–Crippen MR) is 63.5 cm³/mol. The third kappa shape index (κ3) is 2.04. The van der Waals surface area contributed by atoms with Crippen molar-refractivity contribution < 1.29 is 4.79 Å². The van der Waals surface area contributed by atoms with E-state index in [1.807, 2.05) is 0 Å². The zero-order valence-electron chi connectivity index (χ0n) is 8.35. The first-order chi connectivity index (χ1) is 7.68. The Bertz CT molecular complexity index is 523. The molecule has 0 spiro atoms. The van der Waals surface area contributed by atoms with Gasteiger partial charge in [-0.3, -0.25) is 9.78 Å². The van der Waals surface area contributed by atoms with E-state index in [-0.39, 0.29) is 5.78 Å². The number of hydrogen-bond acceptors (Lipinski definition) is 3. The standard InChI is InChI=1S/C12H9ClN2O/c13-9-3-1-8(2-4-9)12(16)10-5-6-15-7-11(10)14/h1-7H,14H2. The highest BCUT2D eigenvalue weighted by Crippen LogP contribution is 2.17. The van der Waals surface area contributed by atoms with E-state index >= 15 is 0 Å². The van der Waals surface area contributed by atoms with Gasteiger partial charge in [-0.05, 0) is 30.3 Å². The van der Waals surface area contributed by atoms with Gasteiger partial charge in [0.25, 0.3) is 0 Å². The fourth-order valence-corrected chi connectivity index (χ4v) is 1.50. The Morgan fingerprint density at radius 1 is 1.19 bits per heavy atom. The summed E-state index contributed by atoms with van der Waals surface area (Å²) < 4.78 is 0. The molecule has 0 fully saturated rings. The first kappa shape index (κ1) is 10.6. The largest absolute Gasteiger partial charge is 0.397 e. The fraction of sp³-hybridized carbons (Fsp3) is 0. The summed E-state index contributed by atoms with van der Waals surface area (Å²) in [5.41, 5.74) is 7.07. The Labute approximate surface area is 97.9 Å². The molecular formula is C12H9ClN2O. The first-order valence-electron chi connectivity index (χ1n) is 4.68. The molecule has 2 rings (SSSR count). The van der Waals surface area contributed by atoms with Crippen LogP contribution in [0.4, 0.5) is 5.69 Å². The lowest BCUT2D eigenvalue weighted by Gasteiger charge is -2.03. The number of benzene rings is 1. The fourth-order valence-electron chi connectivity index (χ4n) is 1.37. The number of ketones is 1. The molecule has 0 saturated heterocycles. The van der Waals surface area contributed by atoms with Gasteiger partial charge in [-0.2, -0.15) is 0 Å². The molecule has 2 N–H and O–H groups in total. The molecule has 0 atom stereocenters. The number of carbonyl (C=O) groups is 1. The number of rotatable bonds is 2. The molecule has 0 amide bonds. The predicted octanol–water partition coefficient (Wildman–Crippen LogP) is 2.55. The molecule has 3 nitrogen and oxygen atoms in total. The Morgan fingerprint density at radius 2 is 1.88 bits per heavy atom. The van der Waals surface area contributed by atoms with Gasteiger partial charge in [-0.25, -0.2) is 0 Å². The monoisotopic (exact) mass is 232 g/mol. The number of carbonyl (C=O) groups excluding carboxylic acids is 1. The summed E-state index contributed by atoms with van der Waals surface area (Å²) >= 11 is 5.75. The number of nitrogens with zero attached hydrogens (tertiary/aromatic N) is 1. The van der Waals surface area contributed by atoms with Gasteiger partial charge in [-0.15, -0.1) is 0 Å². The molecule has 4 heteroatoms. The molecule has 0 aliphatic rings. The van der Waals surface area contributed by atoms with Crippen LogP contribution < -0.4 is 5.73 Å². The molecule has 0 bridgehead atoms. The Hall–Kier alpha value is -1.87. The van der Waals surface area contributed by atoms with E-state index in [1.165, 1.54) is 6.20 Å². The van der Waals surface area contributed by atoms with Crippen molar-refractivity contribution in [2.75, 3.05) is 5.73 Å². The molecule has 0 aliphatic carbocycles. The van der Waals surface area contributed by atoms with Crippen LogP contribution in [0.2, 0.25) is 5.02 Å². The Morgan fingerprint density at radius 3 is 2.50 bits per heavy atom. The lowest BCUT2D eigenvalue weighted by molar-refractivity contribution is 0.103. The lowest BCUT2D eigenvalue weighted by atomic mass is 10.0. The zero-order valence-corrected chi connectivity index (χ0v) is 9.11. The van der Waals surface area contributed by atoms with E-state index in [9.17, 15) is 4.79 Å². The van der Waals surface area contributed by atoms with Crippen molar-refractivity contribution >= 4 is 23.1 Å². The van der Waals surface area contributed by atoms with Crippen molar-refractivity contribution in [2.24, 2.45) is 0 Å². The van der Waals surface area contributed by atoms with Gasteiger partial charge < -0.3 is 5.73 Å². The number of nitrogen functional groups attached to an aromatic ring is 1. The van der Waals surface area contributed by atoms with Crippen LogP contribution in [0.15, 0.2) is 42.7 Å². The van der Waals surface area contributed by atoms with Gasteiger partial charge in [0.05, 0.1) is 11.9 Å². The maximum Gasteiger partial charge on any atom is 0.195 e. The molecule has 0 saturated carbocycles. The summed E-state index contributed by atoms with van der Waals surface area (Å²) in [7, 11) is 0. The highest BCUT2D eigenvalue weighted by atomic mass is 35.5. The highest BCUT2D eigenvalue weighted by Gasteiger charge is 2.11. The van der Waals surface area contributed by atoms with Crippen molar-refractivity contribution in [3.8, 4) is 0 Å². The summed E-state index contributed by atoms with van der Waals surface area (Å²) in [6.07, 6.45) is 3.00. The normalized spacial score (nSPS) is 10.1. The van der Waals surface area contributed by atoms with Crippen molar-refractivity contribution in [3.63, 3.8) is 0 Å². The average molecular weight is 233 g/mol. The molecule has 0 aliphatic heterocycles. The number of pyridine rings is 1. The van der Waals surface area contributed by atoms with Crippen LogP contribution in [-0.2, 0) is 0 Å². The maximum absolute atomic E-state index is 12.0. The topological polar surface area (TPSA) is 56.0 Å². The number of hydrogen-bond donors (Lipinski definition) is 1. The van der Waals surface area contributed by atoms with Gasteiger partial charge >= 0.3 is 0 Å². The number of anilines is 1. The van der Waals surface area contributed by atoms with Gasteiger partial charge in [0.2, 0.25) is 0 Å². The molecule has 2 aromatic rings. The molecule has 80 valence electrons. The van der Waals surface area contributed by atoms with E-state index in [0.29, 0.717) is 21.8 Å². The van der Waals surface area contributed by atoms with E-state index < -0.39 is 0 Å². The van der Waals surface area contributed by atoms with Crippen LogP contribution in [0.3, 0.4) is 0 Å². The molecule has 0 unspecified atom stereocenters. The van der Waals surface area contributed by atoms with Crippen molar-refractivity contribution in [1.82, 2.24) is 4.98 Å². The van der Waals surface area contributed by atoms with Crippen LogP contribution in [0.1, 0.15) is 15.9 Å². The summed E-state index contributed by atoms with van der Waals surface area (Å²) in [5.74, 6) is -0.128. The summed E-state index contributed by atoms with van der Waals surface area (Å²) in [6.45, 7) is 0. The molecule has 1 aromatic heterocycles.